The summed E-state index contributed by atoms with van der Waals surface area (Å²) in [6.45, 7) is 11.7. The quantitative estimate of drug-likeness (QED) is 0.0699. The number of rotatable bonds is 14. The summed E-state index contributed by atoms with van der Waals surface area (Å²) >= 11 is 6.54. The summed E-state index contributed by atoms with van der Waals surface area (Å²) in [6.07, 6.45) is -3.98. The van der Waals surface area contributed by atoms with E-state index in [4.69, 9.17) is 21.3 Å². The van der Waals surface area contributed by atoms with E-state index in [1.165, 1.54) is 37.6 Å². The minimum absolute atomic E-state index is 0.0258. The molecule has 3 heterocycles. The van der Waals surface area contributed by atoms with Crippen molar-refractivity contribution in [3.8, 4) is 28.1 Å². The lowest BCUT2D eigenvalue weighted by molar-refractivity contribution is -0.274. The number of anilines is 2. The third-order valence-corrected chi connectivity index (χ3v) is 10.2. The SMILES string of the molecule is COC(=O)N[C@H](C(=O)N1C[C@@H](C)C[C@H]1c1nc(-c2ccc(-c3cc(Cl)c(NC(=O)c4ccc(NCCNC(=O)C(C)(C)C)nc4)cc3OC(F)(F)F)cc2)c(CO)[nH]1)C(C)C. The highest BCUT2D eigenvalue weighted by Crippen LogP contribution is 2.41. The number of imidazole rings is 1. The normalized spacial score (nSPS) is 15.9. The van der Waals surface area contributed by atoms with Gasteiger partial charge in [-0.05, 0) is 42.0 Å². The van der Waals surface area contributed by atoms with Gasteiger partial charge in [0.05, 0.1) is 47.4 Å². The largest absolute Gasteiger partial charge is 0.573 e. The van der Waals surface area contributed by atoms with E-state index in [2.05, 4.69) is 36.0 Å². The summed E-state index contributed by atoms with van der Waals surface area (Å²) in [5.74, 6) is -1.02. The molecule has 0 aliphatic carbocycles. The molecule has 2 aromatic heterocycles. The van der Waals surface area contributed by atoms with E-state index in [1.807, 2.05) is 20.8 Å². The fourth-order valence-corrected chi connectivity index (χ4v) is 6.93. The highest BCUT2D eigenvalue weighted by atomic mass is 35.5. The van der Waals surface area contributed by atoms with Crippen molar-refractivity contribution in [3.63, 3.8) is 0 Å². The van der Waals surface area contributed by atoms with Gasteiger partial charge in [0.15, 0.2) is 0 Å². The second-order valence-corrected chi connectivity index (χ2v) is 16.5. The molecular weight excluding hydrogens is 821 g/mol. The second kappa shape index (κ2) is 19.2. The molecule has 0 spiro atoms. The molecule has 61 heavy (non-hydrogen) atoms. The number of hydrogen-bond donors (Lipinski definition) is 6. The molecule has 1 aliphatic heterocycles. The van der Waals surface area contributed by atoms with E-state index < -0.39 is 48.2 Å². The number of carbonyl (C=O) groups excluding carboxylic acids is 4. The van der Waals surface area contributed by atoms with Crippen molar-refractivity contribution in [1.82, 2.24) is 30.5 Å². The molecule has 0 radical (unpaired) electrons. The standard InChI is InChI=1S/C42H50ClF3N8O7/c1-22(2)34(53-40(59)60-7)38(57)54-20-23(3)16-31(54)36-50-30(21-55)35(52-36)25-10-8-24(9-11-25)27-17-28(43)29(18-32(27)61-42(44,45)46)51-37(56)26-12-13-33(49-19-26)47-14-15-48-39(58)41(4,5)6/h8-13,17-19,22-23,31,34,55H,14-16,20-21H2,1-7H3,(H,47,49)(H,48,58)(H,50,52)(H,51,56)(H,53,59)/t23-,31-,34-/m0/s1. The molecule has 4 amide bonds. The smallest absolute Gasteiger partial charge is 0.453 e. The highest BCUT2D eigenvalue weighted by molar-refractivity contribution is 6.34. The molecule has 0 bridgehead atoms. The average Bonchev–Trinajstić information content (AvgIpc) is 3.82. The molecule has 6 N–H and O–H groups in total. The maximum Gasteiger partial charge on any atom is 0.573 e. The highest BCUT2D eigenvalue weighted by Gasteiger charge is 2.40. The molecule has 15 nitrogen and oxygen atoms in total. The zero-order valence-electron chi connectivity index (χ0n) is 34.8. The number of nitrogens with one attached hydrogen (secondary N) is 5. The number of halogens is 4. The number of aliphatic hydroxyl groups excluding tert-OH is 1. The van der Waals surface area contributed by atoms with Crippen molar-refractivity contribution in [1.29, 1.82) is 0 Å². The average molecular weight is 871 g/mol. The number of aromatic nitrogens is 3. The molecule has 4 aromatic rings. The van der Waals surface area contributed by atoms with Gasteiger partial charge in [-0.25, -0.2) is 14.8 Å². The first-order valence-electron chi connectivity index (χ1n) is 19.5. The lowest BCUT2D eigenvalue weighted by Crippen LogP contribution is -2.51. The van der Waals surface area contributed by atoms with Crippen molar-refractivity contribution < 1.29 is 46.9 Å². The van der Waals surface area contributed by atoms with E-state index in [0.717, 1.165) is 6.07 Å². The Bertz CT molecular complexity index is 2210. The van der Waals surface area contributed by atoms with Crippen LogP contribution in [0.4, 0.5) is 29.5 Å². The van der Waals surface area contributed by atoms with Crippen LogP contribution in [0.5, 0.6) is 5.75 Å². The Morgan fingerprint density at radius 3 is 2.31 bits per heavy atom. The molecule has 1 fully saturated rings. The van der Waals surface area contributed by atoms with Crippen molar-refractivity contribution >= 4 is 46.9 Å². The number of alkyl carbamates (subject to hydrolysis) is 1. The van der Waals surface area contributed by atoms with Gasteiger partial charge in [-0.3, -0.25) is 14.4 Å². The van der Waals surface area contributed by atoms with Gasteiger partial charge >= 0.3 is 12.5 Å². The molecule has 19 heteroatoms. The van der Waals surface area contributed by atoms with Gasteiger partial charge in [-0.15, -0.1) is 13.2 Å². The van der Waals surface area contributed by atoms with Gasteiger partial charge in [-0.1, -0.05) is 77.4 Å². The first kappa shape index (κ1) is 46.2. The van der Waals surface area contributed by atoms with Crippen molar-refractivity contribution in [2.45, 2.75) is 73.0 Å². The van der Waals surface area contributed by atoms with Gasteiger partial charge in [0, 0.05) is 48.4 Å². The fraction of sp³-hybridized carbons (Fsp3) is 0.429. The number of ether oxygens (including phenoxy) is 2. The molecule has 328 valence electrons. The summed E-state index contributed by atoms with van der Waals surface area (Å²) in [7, 11) is 1.22. The van der Waals surface area contributed by atoms with Crippen LogP contribution in [0.2, 0.25) is 5.02 Å². The van der Waals surface area contributed by atoms with Crippen LogP contribution in [0, 0.1) is 17.3 Å². The Balaban J connectivity index is 1.34. The fourth-order valence-electron chi connectivity index (χ4n) is 6.72. The zero-order chi connectivity index (χ0) is 44.8. The third-order valence-electron chi connectivity index (χ3n) is 9.89. The van der Waals surface area contributed by atoms with Gasteiger partial charge in [-0.2, -0.15) is 0 Å². The van der Waals surface area contributed by atoms with Crippen LogP contribution >= 0.6 is 11.6 Å². The summed E-state index contributed by atoms with van der Waals surface area (Å²) in [5.41, 5.74) is 0.926. The van der Waals surface area contributed by atoms with Crippen molar-refractivity contribution in [3.05, 3.63) is 76.8 Å². The summed E-state index contributed by atoms with van der Waals surface area (Å²) in [4.78, 5) is 64.8. The van der Waals surface area contributed by atoms with Crippen LogP contribution in [0.3, 0.4) is 0 Å². The van der Waals surface area contributed by atoms with Gasteiger partial charge in [0.25, 0.3) is 5.91 Å². The van der Waals surface area contributed by atoms with Gasteiger partial charge in [0.2, 0.25) is 11.8 Å². The number of aromatic amines is 1. The van der Waals surface area contributed by atoms with Crippen molar-refractivity contribution in [2.24, 2.45) is 17.3 Å². The summed E-state index contributed by atoms with van der Waals surface area (Å²) in [6, 6.07) is 10.2. The van der Waals surface area contributed by atoms with E-state index in [9.17, 15) is 37.5 Å². The van der Waals surface area contributed by atoms with Crippen molar-refractivity contribution in [2.75, 3.05) is 37.4 Å². The first-order chi connectivity index (χ1) is 28.7. The number of amides is 4. The number of carbonyl (C=O) groups is 4. The van der Waals surface area contributed by atoms with Crippen LogP contribution in [-0.2, 0) is 20.9 Å². The predicted molar refractivity (Wildman–Crippen MR) is 223 cm³/mol. The Labute approximate surface area is 356 Å². The van der Waals surface area contributed by atoms with E-state index >= 15 is 0 Å². The summed E-state index contributed by atoms with van der Waals surface area (Å²) in [5, 5.41) is 21.2. The number of benzene rings is 2. The number of hydrogen-bond acceptors (Lipinski definition) is 10. The molecule has 2 aromatic carbocycles. The van der Waals surface area contributed by atoms with E-state index in [0.29, 0.717) is 54.6 Å². The minimum atomic E-state index is -5.09. The molecule has 0 unspecified atom stereocenters. The molecule has 1 aliphatic rings. The number of aliphatic hydroxyl groups is 1. The van der Waals surface area contributed by atoms with Crippen LogP contribution in [-0.4, -0.2) is 87.9 Å². The first-order valence-corrected chi connectivity index (χ1v) is 19.9. The van der Waals surface area contributed by atoms with Crippen LogP contribution in [0.25, 0.3) is 22.4 Å². The zero-order valence-corrected chi connectivity index (χ0v) is 35.5. The number of pyridine rings is 1. The molecule has 1 saturated heterocycles. The minimum Gasteiger partial charge on any atom is -0.453 e. The molecular formula is C42H50ClF3N8O7. The number of nitrogens with zero attached hydrogens (tertiary/aromatic N) is 3. The van der Waals surface area contributed by atoms with Gasteiger partial charge < -0.3 is 45.7 Å². The molecule has 5 rings (SSSR count). The van der Waals surface area contributed by atoms with E-state index in [-0.39, 0.29) is 51.1 Å². The Hall–Kier alpha value is -5.88. The summed E-state index contributed by atoms with van der Waals surface area (Å²) < 4.78 is 50.3. The number of likely N-dealkylation sites (tertiary alicyclic amines) is 1. The number of methoxy groups -OCH3 is 1. The lowest BCUT2D eigenvalue weighted by Gasteiger charge is -2.30. The Morgan fingerprint density at radius 1 is 1.03 bits per heavy atom. The number of H-pyrrole nitrogens is 1. The molecule has 0 saturated carbocycles. The number of alkyl halides is 3. The van der Waals surface area contributed by atoms with Crippen LogP contribution < -0.4 is 26.0 Å². The molecule has 3 atom stereocenters. The van der Waals surface area contributed by atoms with E-state index in [1.54, 1.807) is 43.9 Å². The van der Waals surface area contributed by atoms with Crippen LogP contribution in [0.15, 0.2) is 54.7 Å². The monoisotopic (exact) mass is 870 g/mol. The predicted octanol–water partition coefficient (Wildman–Crippen LogP) is 7.30. The Kier molecular flexibility index (Phi) is 14.6. The van der Waals surface area contributed by atoms with Crippen LogP contribution in [0.1, 0.15) is 75.9 Å². The maximum atomic E-state index is 13.8. The lowest BCUT2D eigenvalue weighted by atomic mass is 9.96. The maximum absolute atomic E-state index is 13.8. The third kappa shape index (κ3) is 11.7. The van der Waals surface area contributed by atoms with Gasteiger partial charge in [0.1, 0.15) is 23.4 Å². The topological polar surface area (TPSA) is 200 Å². The Morgan fingerprint density at radius 2 is 1.72 bits per heavy atom. The second-order valence-electron chi connectivity index (χ2n) is 16.1.